The van der Waals surface area contributed by atoms with Gasteiger partial charge >= 0.3 is 0 Å². The molecule has 0 bridgehead atoms. The summed E-state index contributed by atoms with van der Waals surface area (Å²) in [7, 11) is 0. The van der Waals surface area contributed by atoms with E-state index in [0.717, 1.165) is 28.8 Å². The fourth-order valence-corrected chi connectivity index (χ4v) is 2.81. The number of aromatic nitrogens is 4. The second kappa shape index (κ2) is 7.01. The van der Waals surface area contributed by atoms with E-state index < -0.39 is 0 Å². The summed E-state index contributed by atoms with van der Waals surface area (Å²) in [5.74, 6) is -0.141. The Labute approximate surface area is 147 Å². The molecule has 2 atom stereocenters. The van der Waals surface area contributed by atoms with Gasteiger partial charge in [-0.15, -0.1) is 0 Å². The van der Waals surface area contributed by atoms with Crippen LogP contribution in [0.5, 0.6) is 0 Å². The number of amides is 1. The summed E-state index contributed by atoms with van der Waals surface area (Å²) in [5, 5.41) is 8.24. The number of nitrogens with zero attached hydrogens (tertiary/aromatic N) is 4. The number of nitrogens with one attached hydrogen (secondary N) is 1. The zero-order chi connectivity index (χ0) is 18.0. The third kappa shape index (κ3) is 3.38. The average Bonchev–Trinajstić information content (AvgIpc) is 3.04. The number of carbonyl (C=O) groups is 1. The standard InChI is InChI=1S/C19H23N5O/c1-5-13(3)24-18-16(11-21-24)15(10-12(2)22-18)19(25)23-14(4)17-8-6-7-9-20-17/h6-11,13-14H,5H2,1-4H3,(H,23,25). The van der Waals surface area contributed by atoms with Crippen molar-refractivity contribution in [2.45, 2.75) is 46.2 Å². The molecule has 0 aliphatic heterocycles. The van der Waals surface area contributed by atoms with Crippen molar-refractivity contribution in [3.63, 3.8) is 0 Å². The zero-order valence-corrected chi connectivity index (χ0v) is 15.0. The summed E-state index contributed by atoms with van der Waals surface area (Å²) in [4.78, 5) is 21.7. The molecule has 3 heterocycles. The predicted molar refractivity (Wildman–Crippen MR) is 97.4 cm³/mol. The van der Waals surface area contributed by atoms with Crippen molar-refractivity contribution in [3.05, 3.63) is 53.6 Å². The second-order valence-electron chi connectivity index (χ2n) is 6.34. The molecule has 2 unspecified atom stereocenters. The van der Waals surface area contributed by atoms with Crippen LogP contribution in [0.15, 0.2) is 36.7 Å². The Hall–Kier alpha value is -2.76. The lowest BCUT2D eigenvalue weighted by Gasteiger charge is -2.14. The van der Waals surface area contributed by atoms with Gasteiger partial charge in [-0.1, -0.05) is 13.0 Å². The lowest BCUT2D eigenvalue weighted by molar-refractivity contribution is 0.0940. The highest BCUT2D eigenvalue weighted by Crippen LogP contribution is 2.23. The smallest absolute Gasteiger partial charge is 0.252 e. The van der Waals surface area contributed by atoms with Crippen LogP contribution in [0.2, 0.25) is 0 Å². The maximum atomic E-state index is 12.8. The highest BCUT2D eigenvalue weighted by molar-refractivity contribution is 6.05. The zero-order valence-electron chi connectivity index (χ0n) is 15.0. The molecule has 3 aromatic heterocycles. The van der Waals surface area contributed by atoms with Gasteiger partial charge in [0.15, 0.2) is 5.65 Å². The largest absolute Gasteiger partial charge is 0.344 e. The SMILES string of the molecule is CCC(C)n1ncc2c(C(=O)NC(C)c3ccccn3)cc(C)nc21. The molecule has 0 spiro atoms. The molecular weight excluding hydrogens is 314 g/mol. The first-order chi connectivity index (χ1) is 12.0. The average molecular weight is 337 g/mol. The molecule has 0 fully saturated rings. The minimum atomic E-state index is -0.179. The third-order valence-electron chi connectivity index (χ3n) is 4.43. The van der Waals surface area contributed by atoms with E-state index in [1.54, 1.807) is 12.4 Å². The first kappa shape index (κ1) is 17.1. The molecule has 6 nitrogen and oxygen atoms in total. The van der Waals surface area contributed by atoms with Crippen molar-refractivity contribution in [2.75, 3.05) is 0 Å². The molecule has 0 aliphatic carbocycles. The Kier molecular flexibility index (Phi) is 4.79. The molecule has 3 rings (SSSR count). The number of hydrogen-bond acceptors (Lipinski definition) is 4. The monoisotopic (exact) mass is 337 g/mol. The Morgan fingerprint density at radius 2 is 2.12 bits per heavy atom. The Bertz CT molecular complexity index is 887. The van der Waals surface area contributed by atoms with Crippen molar-refractivity contribution < 1.29 is 4.79 Å². The van der Waals surface area contributed by atoms with E-state index in [4.69, 9.17) is 0 Å². The molecule has 0 saturated carbocycles. The maximum Gasteiger partial charge on any atom is 0.252 e. The third-order valence-corrected chi connectivity index (χ3v) is 4.43. The van der Waals surface area contributed by atoms with E-state index in [0.29, 0.717) is 5.56 Å². The summed E-state index contributed by atoms with van der Waals surface area (Å²) in [6.45, 7) is 8.02. The van der Waals surface area contributed by atoms with Crippen LogP contribution in [0.4, 0.5) is 0 Å². The summed E-state index contributed by atoms with van der Waals surface area (Å²) in [6.07, 6.45) is 4.40. The van der Waals surface area contributed by atoms with Gasteiger partial charge in [0.25, 0.3) is 5.91 Å². The molecule has 6 heteroatoms. The van der Waals surface area contributed by atoms with Gasteiger partial charge in [0.05, 0.1) is 34.9 Å². The Balaban J connectivity index is 1.95. The first-order valence-electron chi connectivity index (χ1n) is 8.58. The van der Waals surface area contributed by atoms with Crippen LogP contribution in [0.25, 0.3) is 11.0 Å². The van der Waals surface area contributed by atoms with E-state index >= 15 is 0 Å². The molecule has 1 N–H and O–H groups in total. The Morgan fingerprint density at radius 1 is 1.32 bits per heavy atom. The van der Waals surface area contributed by atoms with Crippen LogP contribution in [0.3, 0.4) is 0 Å². The van der Waals surface area contributed by atoms with E-state index in [1.165, 1.54) is 0 Å². The summed E-state index contributed by atoms with van der Waals surface area (Å²) in [6, 6.07) is 7.54. The number of carbonyl (C=O) groups excluding carboxylic acids is 1. The van der Waals surface area contributed by atoms with E-state index in [1.807, 2.05) is 42.8 Å². The number of aryl methyl sites for hydroxylation is 1. The van der Waals surface area contributed by atoms with Crippen LogP contribution in [0, 0.1) is 6.92 Å². The molecule has 1 amide bonds. The molecule has 3 aromatic rings. The van der Waals surface area contributed by atoms with Gasteiger partial charge in [-0.2, -0.15) is 5.10 Å². The highest BCUT2D eigenvalue weighted by atomic mass is 16.1. The van der Waals surface area contributed by atoms with Crippen LogP contribution in [-0.4, -0.2) is 25.7 Å². The van der Waals surface area contributed by atoms with Crippen molar-refractivity contribution in [2.24, 2.45) is 0 Å². The summed E-state index contributed by atoms with van der Waals surface area (Å²) < 4.78 is 1.89. The number of pyridine rings is 2. The Morgan fingerprint density at radius 3 is 2.80 bits per heavy atom. The van der Waals surface area contributed by atoms with Crippen LogP contribution in [0.1, 0.15) is 61.0 Å². The van der Waals surface area contributed by atoms with Crippen molar-refractivity contribution in [1.29, 1.82) is 0 Å². The molecule has 0 radical (unpaired) electrons. The van der Waals surface area contributed by atoms with Gasteiger partial charge in [0.1, 0.15) is 0 Å². The first-order valence-corrected chi connectivity index (χ1v) is 8.58. The second-order valence-corrected chi connectivity index (χ2v) is 6.34. The van der Waals surface area contributed by atoms with E-state index in [2.05, 4.69) is 34.2 Å². The fourth-order valence-electron chi connectivity index (χ4n) is 2.81. The van der Waals surface area contributed by atoms with Gasteiger partial charge in [-0.25, -0.2) is 9.67 Å². The van der Waals surface area contributed by atoms with E-state index in [9.17, 15) is 4.79 Å². The van der Waals surface area contributed by atoms with Crippen LogP contribution >= 0.6 is 0 Å². The lowest BCUT2D eigenvalue weighted by atomic mass is 10.1. The normalized spacial score (nSPS) is 13.6. The summed E-state index contributed by atoms with van der Waals surface area (Å²) >= 11 is 0. The minimum Gasteiger partial charge on any atom is -0.344 e. The molecular formula is C19H23N5O. The van der Waals surface area contributed by atoms with Gasteiger partial charge in [-0.05, 0) is 45.4 Å². The van der Waals surface area contributed by atoms with Gasteiger partial charge in [0.2, 0.25) is 0 Å². The van der Waals surface area contributed by atoms with Crippen molar-refractivity contribution in [1.82, 2.24) is 25.1 Å². The molecule has 130 valence electrons. The molecule has 0 aromatic carbocycles. The molecule has 0 aliphatic rings. The highest BCUT2D eigenvalue weighted by Gasteiger charge is 2.19. The molecule has 0 saturated heterocycles. The maximum absolute atomic E-state index is 12.8. The molecule has 25 heavy (non-hydrogen) atoms. The van der Waals surface area contributed by atoms with Gasteiger partial charge < -0.3 is 5.32 Å². The number of fused-ring (bicyclic) bond motifs is 1. The van der Waals surface area contributed by atoms with Crippen LogP contribution < -0.4 is 5.32 Å². The van der Waals surface area contributed by atoms with Crippen molar-refractivity contribution >= 4 is 16.9 Å². The topological polar surface area (TPSA) is 72.7 Å². The van der Waals surface area contributed by atoms with E-state index in [-0.39, 0.29) is 18.0 Å². The minimum absolute atomic E-state index is 0.141. The lowest BCUT2D eigenvalue weighted by Crippen LogP contribution is -2.27. The number of hydrogen-bond donors (Lipinski definition) is 1. The quantitative estimate of drug-likeness (QED) is 0.772. The van der Waals surface area contributed by atoms with Gasteiger partial charge in [0, 0.05) is 11.9 Å². The van der Waals surface area contributed by atoms with Crippen LogP contribution in [-0.2, 0) is 0 Å². The summed E-state index contributed by atoms with van der Waals surface area (Å²) in [5.41, 5.74) is 2.98. The fraction of sp³-hybridized carbons (Fsp3) is 0.368. The van der Waals surface area contributed by atoms with Crippen molar-refractivity contribution in [3.8, 4) is 0 Å². The van der Waals surface area contributed by atoms with Gasteiger partial charge in [-0.3, -0.25) is 9.78 Å². The predicted octanol–water partition coefficient (Wildman–Crippen LogP) is 3.60. The number of rotatable bonds is 5.